The van der Waals surface area contributed by atoms with E-state index in [1.165, 1.54) is 0 Å². The fourth-order valence-corrected chi connectivity index (χ4v) is 3.88. The molecule has 2 aromatic carbocycles. The first-order chi connectivity index (χ1) is 14.7. The fourth-order valence-electron chi connectivity index (χ4n) is 3.88. The van der Waals surface area contributed by atoms with Gasteiger partial charge in [0.25, 0.3) is 5.91 Å². The van der Waals surface area contributed by atoms with Gasteiger partial charge >= 0.3 is 0 Å². The monoisotopic (exact) mass is 405 g/mol. The average molecular weight is 405 g/mol. The van der Waals surface area contributed by atoms with E-state index in [0.29, 0.717) is 30.9 Å². The van der Waals surface area contributed by atoms with Crippen LogP contribution in [0, 0.1) is 0 Å². The third-order valence-corrected chi connectivity index (χ3v) is 5.59. The van der Waals surface area contributed by atoms with Crippen LogP contribution < -0.4 is 4.74 Å². The van der Waals surface area contributed by atoms with E-state index < -0.39 is 0 Å². The quantitative estimate of drug-likeness (QED) is 0.625. The molecular weight excluding hydrogens is 378 g/mol. The van der Waals surface area contributed by atoms with E-state index >= 15 is 0 Å². The molecule has 0 radical (unpaired) electrons. The maximum atomic E-state index is 13.4. The zero-order valence-corrected chi connectivity index (χ0v) is 17.5. The number of amides is 1. The smallest absolute Gasteiger partial charge is 0.257 e. The third-order valence-electron chi connectivity index (χ3n) is 5.59. The fraction of sp³-hybridized carbons (Fsp3) is 0.333. The second-order valence-electron chi connectivity index (χ2n) is 7.53. The van der Waals surface area contributed by atoms with Crippen molar-refractivity contribution < 1.29 is 14.3 Å². The van der Waals surface area contributed by atoms with E-state index in [4.69, 9.17) is 14.6 Å². The Labute approximate surface area is 177 Å². The number of likely N-dealkylation sites (tertiary alicyclic amines) is 1. The van der Waals surface area contributed by atoms with Gasteiger partial charge in [0, 0.05) is 32.0 Å². The van der Waals surface area contributed by atoms with Gasteiger partial charge in [0.15, 0.2) is 0 Å². The number of aromatic nitrogens is 2. The number of carbonyl (C=O) groups excluding carboxylic acids is 1. The van der Waals surface area contributed by atoms with E-state index in [-0.39, 0.29) is 12.0 Å². The summed E-state index contributed by atoms with van der Waals surface area (Å²) in [6.45, 7) is 1.99. The molecule has 0 atom stereocenters. The Balaban J connectivity index is 1.67. The Bertz CT molecular complexity index is 992. The highest BCUT2D eigenvalue weighted by atomic mass is 16.5. The van der Waals surface area contributed by atoms with Gasteiger partial charge in [-0.2, -0.15) is 5.10 Å². The third kappa shape index (κ3) is 4.39. The molecule has 0 aliphatic carbocycles. The molecule has 6 heteroatoms. The Morgan fingerprint density at radius 1 is 1.07 bits per heavy atom. The Morgan fingerprint density at radius 3 is 2.53 bits per heavy atom. The molecule has 6 nitrogen and oxygen atoms in total. The highest BCUT2D eigenvalue weighted by Gasteiger charge is 2.27. The lowest BCUT2D eigenvalue weighted by Crippen LogP contribution is -2.40. The van der Waals surface area contributed by atoms with Crippen molar-refractivity contribution >= 4 is 5.91 Å². The summed E-state index contributed by atoms with van der Waals surface area (Å²) in [5, 5.41) is 4.79. The minimum absolute atomic E-state index is 0.0154. The van der Waals surface area contributed by atoms with Gasteiger partial charge in [-0.05, 0) is 30.5 Å². The molecule has 1 fully saturated rings. The van der Waals surface area contributed by atoms with Crippen molar-refractivity contribution in [3.05, 3.63) is 71.9 Å². The van der Waals surface area contributed by atoms with Crippen molar-refractivity contribution in [1.29, 1.82) is 0 Å². The number of piperidine rings is 1. The van der Waals surface area contributed by atoms with Gasteiger partial charge in [0.1, 0.15) is 11.4 Å². The second kappa shape index (κ2) is 9.13. The van der Waals surface area contributed by atoms with Crippen LogP contribution in [0.25, 0.3) is 11.3 Å². The van der Waals surface area contributed by atoms with Gasteiger partial charge < -0.3 is 14.4 Å². The number of hydrogen-bond acceptors (Lipinski definition) is 4. The minimum atomic E-state index is 0.0154. The van der Waals surface area contributed by atoms with Crippen molar-refractivity contribution in [2.24, 2.45) is 0 Å². The van der Waals surface area contributed by atoms with Crippen molar-refractivity contribution in [3.63, 3.8) is 0 Å². The molecule has 1 aromatic heterocycles. The predicted molar refractivity (Wildman–Crippen MR) is 116 cm³/mol. The molecule has 0 spiro atoms. The highest BCUT2D eigenvalue weighted by molar-refractivity contribution is 6.00. The van der Waals surface area contributed by atoms with Crippen LogP contribution in [-0.4, -0.2) is 54.0 Å². The highest BCUT2D eigenvalue weighted by Crippen LogP contribution is 2.28. The summed E-state index contributed by atoms with van der Waals surface area (Å²) in [4.78, 5) is 15.3. The minimum Gasteiger partial charge on any atom is -0.497 e. The van der Waals surface area contributed by atoms with Crippen LogP contribution >= 0.6 is 0 Å². The van der Waals surface area contributed by atoms with Crippen LogP contribution in [0.15, 0.2) is 60.8 Å². The summed E-state index contributed by atoms with van der Waals surface area (Å²) in [7, 11) is 3.37. The SMILES string of the molecule is COc1cccc(-c2nn(Cc3ccccc3)cc2C(=O)N2CCC(OC)CC2)c1. The van der Waals surface area contributed by atoms with Crippen molar-refractivity contribution in [2.75, 3.05) is 27.3 Å². The van der Waals surface area contributed by atoms with Gasteiger partial charge in [0.05, 0.1) is 25.3 Å². The number of rotatable bonds is 6. The molecule has 156 valence electrons. The number of nitrogens with zero attached hydrogens (tertiary/aromatic N) is 3. The van der Waals surface area contributed by atoms with Crippen molar-refractivity contribution in [1.82, 2.24) is 14.7 Å². The molecule has 0 unspecified atom stereocenters. The molecule has 30 heavy (non-hydrogen) atoms. The van der Waals surface area contributed by atoms with Gasteiger partial charge in [-0.3, -0.25) is 9.48 Å². The molecule has 3 aromatic rings. The molecule has 1 aliphatic rings. The van der Waals surface area contributed by atoms with Crippen molar-refractivity contribution in [3.8, 4) is 17.0 Å². The number of methoxy groups -OCH3 is 2. The van der Waals surface area contributed by atoms with Gasteiger partial charge in [0.2, 0.25) is 0 Å². The van der Waals surface area contributed by atoms with E-state index in [9.17, 15) is 4.79 Å². The molecule has 1 saturated heterocycles. The first-order valence-electron chi connectivity index (χ1n) is 10.3. The molecule has 0 bridgehead atoms. The zero-order valence-electron chi connectivity index (χ0n) is 17.5. The van der Waals surface area contributed by atoms with E-state index in [1.807, 2.05) is 58.2 Å². The number of ether oxygens (including phenoxy) is 2. The zero-order chi connectivity index (χ0) is 20.9. The van der Waals surface area contributed by atoms with Gasteiger partial charge in [-0.1, -0.05) is 42.5 Å². The first kappa shape index (κ1) is 20.2. The lowest BCUT2D eigenvalue weighted by Gasteiger charge is -2.31. The molecular formula is C24H27N3O3. The summed E-state index contributed by atoms with van der Waals surface area (Å²) >= 11 is 0. The first-order valence-corrected chi connectivity index (χ1v) is 10.3. The van der Waals surface area contributed by atoms with Gasteiger partial charge in [-0.15, -0.1) is 0 Å². The van der Waals surface area contributed by atoms with E-state index in [2.05, 4.69) is 12.1 Å². The predicted octanol–water partition coefficient (Wildman–Crippen LogP) is 3.86. The Hall–Kier alpha value is -3.12. The van der Waals surface area contributed by atoms with Crippen molar-refractivity contribution in [2.45, 2.75) is 25.5 Å². The normalized spacial score (nSPS) is 14.7. The van der Waals surface area contributed by atoms with Gasteiger partial charge in [-0.25, -0.2) is 0 Å². The molecule has 1 aliphatic heterocycles. The largest absolute Gasteiger partial charge is 0.497 e. The van der Waals surface area contributed by atoms with Crippen LogP contribution in [0.1, 0.15) is 28.8 Å². The summed E-state index contributed by atoms with van der Waals surface area (Å²) in [6, 6.07) is 17.8. The topological polar surface area (TPSA) is 56.6 Å². The molecule has 2 heterocycles. The summed E-state index contributed by atoms with van der Waals surface area (Å²) < 4.78 is 12.7. The van der Waals surface area contributed by atoms with Crippen LogP contribution in [0.2, 0.25) is 0 Å². The standard InChI is InChI=1S/C24H27N3O3/c1-29-20-11-13-26(14-12-20)24(28)22-17-27(16-18-7-4-3-5-8-18)25-23(22)19-9-6-10-21(15-19)30-2/h3-10,15,17,20H,11-14,16H2,1-2H3. The molecule has 0 saturated carbocycles. The van der Waals surface area contributed by atoms with E-state index in [0.717, 1.165) is 29.7 Å². The van der Waals surface area contributed by atoms with Crippen LogP contribution in [0.5, 0.6) is 5.75 Å². The molecule has 0 N–H and O–H groups in total. The maximum Gasteiger partial charge on any atom is 0.257 e. The summed E-state index contributed by atoms with van der Waals surface area (Å²) in [5.41, 5.74) is 3.31. The maximum absolute atomic E-state index is 13.4. The number of benzene rings is 2. The lowest BCUT2D eigenvalue weighted by atomic mass is 10.0. The van der Waals surface area contributed by atoms with Crippen LogP contribution in [-0.2, 0) is 11.3 Å². The van der Waals surface area contributed by atoms with Crippen LogP contribution in [0.3, 0.4) is 0 Å². The molecule has 4 rings (SSSR count). The number of carbonyl (C=O) groups is 1. The van der Waals surface area contributed by atoms with E-state index in [1.54, 1.807) is 14.2 Å². The Morgan fingerprint density at radius 2 is 1.83 bits per heavy atom. The number of hydrogen-bond donors (Lipinski definition) is 0. The summed E-state index contributed by atoms with van der Waals surface area (Å²) in [6.07, 6.45) is 3.81. The Kier molecular flexibility index (Phi) is 6.14. The summed E-state index contributed by atoms with van der Waals surface area (Å²) in [5.74, 6) is 0.756. The van der Waals surface area contributed by atoms with Crippen LogP contribution in [0.4, 0.5) is 0 Å². The second-order valence-corrected chi connectivity index (χ2v) is 7.53. The lowest BCUT2D eigenvalue weighted by molar-refractivity contribution is 0.0351. The molecule has 1 amide bonds. The average Bonchev–Trinajstić information content (AvgIpc) is 3.23.